The summed E-state index contributed by atoms with van der Waals surface area (Å²) in [5.41, 5.74) is 5.07. The predicted molar refractivity (Wildman–Crippen MR) is 92.2 cm³/mol. The maximum absolute atomic E-state index is 13.0. The van der Waals surface area contributed by atoms with Crippen molar-refractivity contribution in [2.24, 2.45) is 0 Å². The summed E-state index contributed by atoms with van der Waals surface area (Å²) in [5, 5.41) is 8.44. The number of H-pyrrole nitrogens is 1. The molecule has 0 aliphatic heterocycles. The number of hydroxylamine groups is 1. The minimum atomic E-state index is -0.576. The lowest BCUT2D eigenvalue weighted by molar-refractivity contribution is -0.124. The van der Waals surface area contributed by atoms with Gasteiger partial charge < -0.3 is 4.98 Å². The van der Waals surface area contributed by atoms with Crippen LogP contribution >= 0.6 is 0 Å². The van der Waals surface area contributed by atoms with E-state index in [1.54, 1.807) is 24.4 Å². The first-order chi connectivity index (χ1) is 12.1. The third-order valence-electron chi connectivity index (χ3n) is 3.66. The van der Waals surface area contributed by atoms with E-state index in [0.29, 0.717) is 6.42 Å². The smallest absolute Gasteiger partial charge is 0.267 e. The number of carbonyl (C=O) groups is 1. The third-order valence-corrected chi connectivity index (χ3v) is 3.66. The van der Waals surface area contributed by atoms with Gasteiger partial charge in [0.25, 0.3) is 5.91 Å². The van der Waals surface area contributed by atoms with E-state index < -0.39 is 5.91 Å². The SMILES string of the molecule is O=C(/C=C/c1ccc(Cc2nc(-c3ccc(F)cc3)c[nH]2)cc1)NO. The average Bonchev–Trinajstić information content (AvgIpc) is 3.10. The molecule has 0 atom stereocenters. The first-order valence-electron chi connectivity index (χ1n) is 7.65. The zero-order chi connectivity index (χ0) is 17.6. The second-order valence-corrected chi connectivity index (χ2v) is 5.47. The van der Waals surface area contributed by atoms with E-state index in [0.717, 1.165) is 28.2 Å². The Morgan fingerprint density at radius 2 is 1.88 bits per heavy atom. The van der Waals surface area contributed by atoms with E-state index in [4.69, 9.17) is 5.21 Å². The molecule has 5 nitrogen and oxygen atoms in total. The molecule has 3 N–H and O–H groups in total. The summed E-state index contributed by atoms with van der Waals surface area (Å²) >= 11 is 0. The monoisotopic (exact) mass is 337 g/mol. The molecule has 0 spiro atoms. The van der Waals surface area contributed by atoms with Gasteiger partial charge in [0.05, 0.1) is 5.69 Å². The molecule has 0 unspecified atom stereocenters. The highest BCUT2D eigenvalue weighted by molar-refractivity contribution is 5.90. The quantitative estimate of drug-likeness (QED) is 0.380. The van der Waals surface area contributed by atoms with Gasteiger partial charge in [-0.3, -0.25) is 10.0 Å². The molecule has 6 heteroatoms. The normalized spacial score (nSPS) is 11.0. The van der Waals surface area contributed by atoms with Crippen LogP contribution in [0.4, 0.5) is 4.39 Å². The van der Waals surface area contributed by atoms with Crippen LogP contribution in [0.2, 0.25) is 0 Å². The van der Waals surface area contributed by atoms with Gasteiger partial charge in [0.2, 0.25) is 0 Å². The molecule has 25 heavy (non-hydrogen) atoms. The highest BCUT2D eigenvalue weighted by atomic mass is 19.1. The molecule has 0 aliphatic rings. The number of hydrogen-bond donors (Lipinski definition) is 3. The van der Waals surface area contributed by atoms with Crippen molar-refractivity contribution in [3.63, 3.8) is 0 Å². The van der Waals surface area contributed by atoms with Crippen LogP contribution in [0, 0.1) is 5.82 Å². The Balaban J connectivity index is 1.67. The van der Waals surface area contributed by atoms with Crippen LogP contribution in [0.15, 0.2) is 60.8 Å². The van der Waals surface area contributed by atoms with Crippen molar-refractivity contribution in [2.45, 2.75) is 6.42 Å². The van der Waals surface area contributed by atoms with E-state index >= 15 is 0 Å². The molecule has 2 aromatic carbocycles. The van der Waals surface area contributed by atoms with E-state index in [2.05, 4.69) is 9.97 Å². The lowest BCUT2D eigenvalue weighted by Gasteiger charge is -2.00. The fourth-order valence-corrected chi connectivity index (χ4v) is 2.37. The number of aromatic amines is 1. The highest BCUT2D eigenvalue weighted by Gasteiger charge is 2.05. The van der Waals surface area contributed by atoms with E-state index in [-0.39, 0.29) is 5.82 Å². The van der Waals surface area contributed by atoms with Crippen molar-refractivity contribution in [1.29, 1.82) is 0 Å². The molecule has 0 fully saturated rings. The van der Waals surface area contributed by atoms with Crippen LogP contribution < -0.4 is 5.48 Å². The molecule has 3 aromatic rings. The van der Waals surface area contributed by atoms with E-state index in [9.17, 15) is 9.18 Å². The number of imidazole rings is 1. The molecule has 0 saturated heterocycles. The summed E-state index contributed by atoms with van der Waals surface area (Å²) < 4.78 is 13.0. The lowest BCUT2D eigenvalue weighted by atomic mass is 10.1. The molecular formula is C19H16FN3O2. The second-order valence-electron chi connectivity index (χ2n) is 5.47. The molecule has 3 rings (SSSR count). The van der Waals surface area contributed by atoms with Crippen LogP contribution in [0.3, 0.4) is 0 Å². The van der Waals surface area contributed by atoms with Gasteiger partial charge >= 0.3 is 0 Å². The molecule has 0 saturated carbocycles. The topological polar surface area (TPSA) is 78.0 Å². The van der Waals surface area contributed by atoms with Crippen molar-refractivity contribution < 1.29 is 14.4 Å². The third kappa shape index (κ3) is 4.39. The molecule has 0 radical (unpaired) electrons. The molecule has 0 bridgehead atoms. The molecule has 1 aromatic heterocycles. The Kier molecular flexibility index (Phi) is 5.01. The summed E-state index contributed by atoms with van der Waals surface area (Å²) in [6.07, 6.45) is 5.28. The largest absolute Gasteiger partial charge is 0.348 e. The maximum Gasteiger partial charge on any atom is 0.267 e. The van der Waals surface area contributed by atoms with Crippen LogP contribution in [0.25, 0.3) is 17.3 Å². The van der Waals surface area contributed by atoms with Gasteiger partial charge in [0.1, 0.15) is 11.6 Å². The van der Waals surface area contributed by atoms with Gasteiger partial charge in [-0.25, -0.2) is 14.9 Å². The molecule has 126 valence electrons. The first kappa shape index (κ1) is 16.6. The van der Waals surface area contributed by atoms with Crippen molar-refractivity contribution >= 4 is 12.0 Å². The zero-order valence-corrected chi connectivity index (χ0v) is 13.2. The van der Waals surface area contributed by atoms with Gasteiger partial charge in [-0.2, -0.15) is 0 Å². The number of benzene rings is 2. The Hall–Kier alpha value is -3.25. The van der Waals surface area contributed by atoms with Crippen molar-refractivity contribution in [3.8, 4) is 11.3 Å². The fraction of sp³-hybridized carbons (Fsp3) is 0.0526. The summed E-state index contributed by atoms with van der Waals surface area (Å²) in [7, 11) is 0. The Morgan fingerprint density at radius 3 is 2.56 bits per heavy atom. The molecule has 1 amide bonds. The number of rotatable bonds is 5. The van der Waals surface area contributed by atoms with Crippen molar-refractivity contribution in [3.05, 3.63) is 83.6 Å². The second kappa shape index (κ2) is 7.55. The first-order valence-corrected chi connectivity index (χ1v) is 7.65. The highest BCUT2D eigenvalue weighted by Crippen LogP contribution is 2.18. The number of amides is 1. The summed E-state index contributed by atoms with van der Waals surface area (Å²) in [4.78, 5) is 18.6. The summed E-state index contributed by atoms with van der Waals surface area (Å²) in [6.45, 7) is 0. The summed E-state index contributed by atoms with van der Waals surface area (Å²) in [6, 6.07) is 13.8. The van der Waals surface area contributed by atoms with Gasteiger partial charge in [0, 0.05) is 24.3 Å². The Bertz CT molecular complexity index is 884. The van der Waals surface area contributed by atoms with Crippen LogP contribution in [0.5, 0.6) is 0 Å². The van der Waals surface area contributed by atoms with Gasteiger partial charge in [0.15, 0.2) is 0 Å². The number of nitrogens with zero attached hydrogens (tertiary/aromatic N) is 1. The number of aromatic nitrogens is 2. The van der Waals surface area contributed by atoms with E-state index in [1.165, 1.54) is 23.7 Å². The van der Waals surface area contributed by atoms with E-state index in [1.807, 2.05) is 24.3 Å². The number of nitrogens with one attached hydrogen (secondary N) is 2. The number of hydrogen-bond acceptors (Lipinski definition) is 3. The van der Waals surface area contributed by atoms with Gasteiger partial charge in [-0.05, 0) is 41.5 Å². The Labute approximate surface area is 143 Å². The standard InChI is InChI=1S/C19H16FN3O2/c20-16-8-6-15(7-9-16)17-12-21-18(22-17)11-14-3-1-13(2-4-14)5-10-19(24)23-25/h1-10,12,25H,11H2,(H,21,22)(H,23,24)/b10-5+. The molecule has 0 aliphatic carbocycles. The van der Waals surface area contributed by atoms with Crippen molar-refractivity contribution in [1.82, 2.24) is 15.4 Å². The number of halogens is 1. The number of carbonyl (C=O) groups excluding carboxylic acids is 1. The van der Waals surface area contributed by atoms with Gasteiger partial charge in [-0.15, -0.1) is 0 Å². The maximum atomic E-state index is 13.0. The average molecular weight is 337 g/mol. The zero-order valence-electron chi connectivity index (χ0n) is 13.2. The van der Waals surface area contributed by atoms with Crippen LogP contribution in [-0.2, 0) is 11.2 Å². The van der Waals surface area contributed by atoms with Gasteiger partial charge in [-0.1, -0.05) is 24.3 Å². The summed E-state index contributed by atoms with van der Waals surface area (Å²) in [5.74, 6) is -0.0413. The molecular weight excluding hydrogens is 321 g/mol. The van der Waals surface area contributed by atoms with Crippen molar-refractivity contribution in [2.75, 3.05) is 0 Å². The fourth-order valence-electron chi connectivity index (χ4n) is 2.37. The minimum Gasteiger partial charge on any atom is -0.348 e. The minimum absolute atomic E-state index is 0.273. The van der Waals surface area contributed by atoms with Crippen LogP contribution in [0.1, 0.15) is 17.0 Å². The lowest BCUT2D eigenvalue weighted by Crippen LogP contribution is -2.14. The van der Waals surface area contributed by atoms with Crippen LogP contribution in [-0.4, -0.2) is 21.1 Å². The Morgan fingerprint density at radius 1 is 1.16 bits per heavy atom. The molecule has 1 heterocycles. The predicted octanol–water partition coefficient (Wildman–Crippen LogP) is 3.33.